The first-order chi connectivity index (χ1) is 5.71. The fraction of sp³-hybridized carbons (Fsp3) is 1.00. The third-order valence-corrected chi connectivity index (χ3v) is 1.47. The molecule has 1 rings (SSSR count). The Kier molecular flexibility index (Phi) is 11.0. The first-order valence-electron chi connectivity index (χ1n) is 4.93. The van der Waals surface area contributed by atoms with Crippen molar-refractivity contribution in [1.82, 2.24) is 5.32 Å². The number of hydrogen-bond donors (Lipinski definition) is 2. The van der Waals surface area contributed by atoms with Crippen molar-refractivity contribution in [3.63, 3.8) is 0 Å². The molecule has 1 saturated heterocycles. The topological polar surface area (TPSA) is 32.3 Å². The SMILES string of the molecule is CC.CC.[B]C1(O)CCNCC1. The minimum absolute atomic E-state index is 0.674. The zero-order chi connectivity index (χ0) is 10.0. The molecule has 1 heterocycles. The maximum atomic E-state index is 9.11. The van der Waals surface area contributed by atoms with Gasteiger partial charge in [0.2, 0.25) is 0 Å². The molecule has 12 heavy (non-hydrogen) atoms. The molecule has 0 unspecified atom stereocenters. The molecular weight excluding hydrogens is 149 g/mol. The van der Waals surface area contributed by atoms with Gasteiger partial charge in [0.15, 0.2) is 0 Å². The molecule has 72 valence electrons. The van der Waals surface area contributed by atoms with E-state index in [0.29, 0.717) is 12.8 Å². The highest BCUT2D eigenvalue weighted by atomic mass is 16.3. The Hall–Kier alpha value is -0.0151. The second-order valence-corrected chi connectivity index (χ2v) is 2.35. The lowest BCUT2D eigenvalue weighted by Crippen LogP contribution is -2.42. The maximum absolute atomic E-state index is 9.11. The average Bonchev–Trinajstić information content (AvgIpc) is 2.11. The van der Waals surface area contributed by atoms with E-state index < -0.39 is 5.50 Å². The Balaban J connectivity index is 0. The molecular formula is C9H22BNO. The zero-order valence-electron chi connectivity index (χ0n) is 8.85. The van der Waals surface area contributed by atoms with Crippen LogP contribution in [-0.4, -0.2) is 31.5 Å². The van der Waals surface area contributed by atoms with Crippen LogP contribution >= 0.6 is 0 Å². The van der Waals surface area contributed by atoms with E-state index in [-0.39, 0.29) is 0 Å². The lowest BCUT2D eigenvalue weighted by atomic mass is 9.75. The van der Waals surface area contributed by atoms with Crippen LogP contribution in [-0.2, 0) is 0 Å². The Morgan fingerprint density at radius 3 is 1.58 bits per heavy atom. The molecule has 0 aromatic heterocycles. The molecule has 0 spiro atoms. The lowest BCUT2D eigenvalue weighted by Gasteiger charge is -2.28. The summed E-state index contributed by atoms with van der Waals surface area (Å²) in [7, 11) is 5.39. The van der Waals surface area contributed by atoms with E-state index in [1.54, 1.807) is 0 Å². The van der Waals surface area contributed by atoms with E-state index in [4.69, 9.17) is 13.0 Å². The van der Waals surface area contributed by atoms with Gasteiger partial charge in [-0.2, -0.15) is 0 Å². The van der Waals surface area contributed by atoms with Crippen LogP contribution in [0.2, 0.25) is 0 Å². The highest BCUT2D eigenvalue weighted by molar-refractivity contribution is 6.14. The van der Waals surface area contributed by atoms with Crippen molar-refractivity contribution >= 4 is 7.85 Å². The molecule has 2 radical (unpaired) electrons. The highest BCUT2D eigenvalue weighted by Gasteiger charge is 2.21. The van der Waals surface area contributed by atoms with E-state index in [2.05, 4.69) is 5.32 Å². The first kappa shape index (κ1) is 14.5. The van der Waals surface area contributed by atoms with Gasteiger partial charge < -0.3 is 10.4 Å². The second kappa shape index (κ2) is 9.08. The fourth-order valence-electron chi connectivity index (χ4n) is 0.860. The second-order valence-electron chi connectivity index (χ2n) is 2.35. The van der Waals surface area contributed by atoms with Crippen molar-refractivity contribution in [1.29, 1.82) is 0 Å². The van der Waals surface area contributed by atoms with Crippen LogP contribution in [0.15, 0.2) is 0 Å². The van der Waals surface area contributed by atoms with Crippen molar-refractivity contribution < 1.29 is 5.11 Å². The van der Waals surface area contributed by atoms with E-state index in [1.807, 2.05) is 27.7 Å². The van der Waals surface area contributed by atoms with Gasteiger partial charge in [0.1, 0.15) is 7.85 Å². The molecule has 0 saturated carbocycles. The van der Waals surface area contributed by atoms with Gasteiger partial charge >= 0.3 is 0 Å². The minimum Gasteiger partial charge on any atom is -0.400 e. The maximum Gasteiger partial charge on any atom is 0.113 e. The van der Waals surface area contributed by atoms with Crippen LogP contribution in [0.25, 0.3) is 0 Å². The lowest BCUT2D eigenvalue weighted by molar-refractivity contribution is 0.0928. The molecule has 1 fully saturated rings. The van der Waals surface area contributed by atoms with Gasteiger partial charge in [0.05, 0.1) is 0 Å². The monoisotopic (exact) mass is 171 g/mol. The largest absolute Gasteiger partial charge is 0.400 e. The van der Waals surface area contributed by atoms with Gasteiger partial charge in [-0.15, -0.1) is 0 Å². The van der Waals surface area contributed by atoms with Crippen LogP contribution in [0.3, 0.4) is 0 Å². The highest BCUT2D eigenvalue weighted by Crippen LogP contribution is 2.11. The molecule has 0 aromatic rings. The summed E-state index contributed by atoms with van der Waals surface area (Å²) in [5.74, 6) is 0. The molecule has 1 aliphatic rings. The van der Waals surface area contributed by atoms with Crippen molar-refractivity contribution in [3.8, 4) is 0 Å². The van der Waals surface area contributed by atoms with E-state index in [9.17, 15) is 0 Å². The van der Waals surface area contributed by atoms with Crippen LogP contribution in [0.1, 0.15) is 40.5 Å². The van der Waals surface area contributed by atoms with E-state index >= 15 is 0 Å². The van der Waals surface area contributed by atoms with Crippen molar-refractivity contribution in [2.75, 3.05) is 13.1 Å². The standard InChI is InChI=1S/C5H10BNO.2C2H6/c6-5(8)1-3-7-4-2-5;2*1-2/h7-8H,1-4H2;2*1-2H3. The molecule has 0 aliphatic carbocycles. The summed E-state index contributed by atoms with van der Waals surface area (Å²) in [6.45, 7) is 9.68. The summed E-state index contributed by atoms with van der Waals surface area (Å²) in [5.41, 5.74) is -0.884. The van der Waals surface area contributed by atoms with Crippen molar-refractivity contribution in [2.45, 2.75) is 46.0 Å². The van der Waals surface area contributed by atoms with Crippen molar-refractivity contribution in [2.24, 2.45) is 0 Å². The van der Waals surface area contributed by atoms with Gasteiger partial charge in [-0.05, 0) is 25.9 Å². The molecule has 0 atom stereocenters. The summed E-state index contributed by atoms with van der Waals surface area (Å²) in [6, 6.07) is 0. The fourth-order valence-corrected chi connectivity index (χ4v) is 0.860. The van der Waals surface area contributed by atoms with Gasteiger partial charge in [0.25, 0.3) is 0 Å². The Bertz CT molecular complexity index is 78.6. The molecule has 1 aliphatic heterocycles. The molecule has 0 aromatic carbocycles. The predicted molar refractivity (Wildman–Crippen MR) is 55.5 cm³/mol. The van der Waals surface area contributed by atoms with Crippen LogP contribution < -0.4 is 5.32 Å². The normalized spacial score (nSPS) is 19.4. The number of rotatable bonds is 0. The van der Waals surface area contributed by atoms with Gasteiger partial charge in [-0.3, -0.25) is 0 Å². The van der Waals surface area contributed by atoms with E-state index in [1.165, 1.54) is 0 Å². The van der Waals surface area contributed by atoms with E-state index in [0.717, 1.165) is 13.1 Å². The van der Waals surface area contributed by atoms with Crippen molar-refractivity contribution in [3.05, 3.63) is 0 Å². The third kappa shape index (κ3) is 8.09. The molecule has 2 N–H and O–H groups in total. The average molecular weight is 171 g/mol. The minimum atomic E-state index is -0.884. The summed E-state index contributed by atoms with van der Waals surface area (Å²) in [4.78, 5) is 0. The van der Waals surface area contributed by atoms with Gasteiger partial charge in [0, 0.05) is 5.50 Å². The van der Waals surface area contributed by atoms with Gasteiger partial charge in [-0.25, -0.2) is 0 Å². The summed E-state index contributed by atoms with van der Waals surface area (Å²) < 4.78 is 0. The number of nitrogens with one attached hydrogen (secondary N) is 1. The Morgan fingerprint density at radius 2 is 1.42 bits per heavy atom. The molecule has 0 amide bonds. The summed E-state index contributed by atoms with van der Waals surface area (Å²) in [6.07, 6.45) is 1.35. The smallest absolute Gasteiger partial charge is 0.113 e. The van der Waals surface area contributed by atoms with Crippen LogP contribution in [0.4, 0.5) is 0 Å². The number of piperidine rings is 1. The summed E-state index contributed by atoms with van der Waals surface area (Å²) in [5, 5.41) is 12.2. The Morgan fingerprint density at radius 1 is 1.08 bits per heavy atom. The molecule has 3 heteroatoms. The quantitative estimate of drug-likeness (QED) is 0.538. The Labute approximate surface area is 78.2 Å². The first-order valence-corrected chi connectivity index (χ1v) is 4.93. The summed E-state index contributed by atoms with van der Waals surface area (Å²) >= 11 is 0. The zero-order valence-corrected chi connectivity index (χ0v) is 8.85. The van der Waals surface area contributed by atoms with Crippen LogP contribution in [0.5, 0.6) is 0 Å². The predicted octanol–water partition coefficient (Wildman–Crippen LogP) is 1.28. The third-order valence-electron chi connectivity index (χ3n) is 1.47. The number of aliphatic hydroxyl groups is 1. The van der Waals surface area contributed by atoms with Crippen LogP contribution in [0, 0.1) is 0 Å². The molecule has 2 nitrogen and oxygen atoms in total. The number of hydrogen-bond acceptors (Lipinski definition) is 2. The molecule has 0 bridgehead atoms. The van der Waals surface area contributed by atoms with Gasteiger partial charge in [-0.1, -0.05) is 27.7 Å².